The number of carbonyl (C=O) groups excluding carboxylic acids is 1. The topological polar surface area (TPSA) is 72.2 Å². The standard InChI is InChI=1S/C15H18ClN5O3/c16-12-10-14(19-1-5-23-6-2-19)21-13(17-12)9-11(18-21)15(22)20-3-7-24-8-4-20/h9-10H,1-8H2. The molecule has 0 unspecified atom stereocenters. The third-order valence-corrected chi connectivity index (χ3v) is 4.42. The van der Waals surface area contributed by atoms with Gasteiger partial charge in [-0.3, -0.25) is 4.79 Å². The second kappa shape index (κ2) is 6.54. The zero-order valence-corrected chi connectivity index (χ0v) is 13.9. The number of hydrogen-bond donors (Lipinski definition) is 0. The van der Waals surface area contributed by atoms with Crippen molar-refractivity contribution in [3.8, 4) is 0 Å². The van der Waals surface area contributed by atoms with Crippen molar-refractivity contribution in [1.82, 2.24) is 19.5 Å². The van der Waals surface area contributed by atoms with Crippen LogP contribution in [-0.4, -0.2) is 78.0 Å². The summed E-state index contributed by atoms with van der Waals surface area (Å²) in [7, 11) is 0. The predicted molar refractivity (Wildman–Crippen MR) is 87.8 cm³/mol. The molecule has 2 fully saturated rings. The average molecular weight is 352 g/mol. The van der Waals surface area contributed by atoms with Gasteiger partial charge in [0, 0.05) is 38.3 Å². The fourth-order valence-electron chi connectivity index (χ4n) is 2.98. The van der Waals surface area contributed by atoms with Crippen LogP contribution in [0.5, 0.6) is 0 Å². The van der Waals surface area contributed by atoms with E-state index in [9.17, 15) is 4.79 Å². The number of anilines is 1. The van der Waals surface area contributed by atoms with Gasteiger partial charge in [-0.05, 0) is 0 Å². The Bertz CT molecular complexity index is 753. The number of morpholine rings is 2. The van der Waals surface area contributed by atoms with Crippen molar-refractivity contribution in [2.24, 2.45) is 0 Å². The van der Waals surface area contributed by atoms with Crippen molar-refractivity contribution in [3.63, 3.8) is 0 Å². The van der Waals surface area contributed by atoms with Gasteiger partial charge in [-0.25, -0.2) is 4.98 Å². The molecule has 128 valence electrons. The number of aromatic nitrogens is 3. The van der Waals surface area contributed by atoms with Crippen LogP contribution in [0.1, 0.15) is 10.5 Å². The normalized spacial score (nSPS) is 19.0. The summed E-state index contributed by atoms with van der Waals surface area (Å²) >= 11 is 6.16. The first-order valence-corrected chi connectivity index (χ1v) is 8.36. The van der Waals surface area contributed by atoms with Crippen LogP contribution in [-0.2, 0) is 9.47 Å². The van der Waals surface area contributed by atoms with Crippen LogP contribution in [0, 0.1) is 0 Å². The molecule has 24 heavy (non-hydrogen) atoms. The van der Waals surface area contributed by atoms with Crippen molar-refractivity contribution in [2.75, 3.05) is 57.5 Å². The molecule has 0 aromatic carbocycles. The third kappa shape index (κ3) is 2.92. The van der Waals surface area contributed by atoms with E-state index in [0.29, 0.717) is 56.0 Å². The molecule has 8 nitrogen and oxygen atoms in total. The molecule has 1 amide bonds. The molecule has 2 aromatic rings. The molecular formula is C15H18ClN5O3. The molecule has 0 radical (unpaired) electrons. The summed E-state index contributed by atoms with van der Waals surface area (Å²) in [5, 5.41) is 4.87. The Balaban J connectivity index is 1.70. The van der Waals surface area contributed by atoms with Gasteiger partial charge in [0.1, 0.15) is 11.0 Å². The Kier molecular flexibility index (Phi) is 4.26. The molecule has 4 rings (SSSR count). The number of carbonyl (C=O) groups is 1. The molecule has 0 bridgehead atoms. The molecule has 0 spiro atoms. The summed E-state index contributed by atoms with van der Waals surface area (Å²) in [5.74, 6) is 0.724. The summed E-state index contributed by atoms with van der Waals surface area (Å²) in [4.78, 5) is 20.8. The first-order valence-electron chi connectivity index (χ1n) is 7.98. The number of halogens is 1. The van der Waals surface area contributed by atoms with E-state index in [1.807, 2.05) is 0 Å². The van der Waals surface area contributed by atoms with E-state index in [0.717, 1.165) is 18.9 Å². The maximum absolute atomic E-state index is 12.6. The van der Waals surface area contributed by atoms with E-state index >= 15 is 0 Å². The molecule has 2 saturated heterocycles. The van der Waals surface area contributed by atoms with E-state index in [4.69, 9.17) is 21.1 Å². The number of nitrogens with zero attached hydrogens (tertiary/aromatic N) is 5. The number of ether oxygens (including phenoxy) is 2. The van der Waals surface area contributed by atoms with E-state index < -0.39 is 0 Å². The highest BCUT2D eigenvalue weighted by molar-refractivity contribution is 6.29. The Morgan fingerprint density at radius 3 is 2.42 bits per heavy atom. The SMILES string of the molecule is O=C(c1cc2nc(Cl)cc(N3CCOCC3)n2n1)N1CCOCC1. The summed E-state index contributed by atoms with van der Waals surface area (Å²) in [5.41, 5.74) is 0.946. The minimum Gasteiger partial charge on any atom is -0.378 e. The monoisotopic (exact) mass is 351 g/mol. The maximum Gasteiger partial charge on any atom is 0.274 e. The lowest BCUT2D eigenvalue weighted by Gasteiger charge is -2.28. The molecule has 9 heteroatoms. The second-order valence-corrected chi connectivity index (χ2v) is 6.13. The highest BCUT2D eigenvalue weighted by Gasteiger charge is 2.23. The van der Waals surface area contributed by atoms with Gasteiger partial charge in [-0.2, -0.15) is 9.61 Å². The third-order valence-electron chi connectivity index (χ3n) is 4.23. The Hall–Kier alpha value is -1.90. The first-order chi connectivity index (χ1) is 11.7. The quantitative estimate of drug-likeness (QED) is 0.741. The molecule has 2 aromatic heterocycles. The molecule has 0 saturated carbocycles. The van der Waals surface area contributed by atoms with Crippen LogP contribution in [0.3, 0.4) is 0 Å². The smallest absolute Gasteiger partial charge is 0.274 e. The van der Waals surface area contributed by atoms with Crippen molar-refractivity contribution >= 4 is 29.0 Å². The second-order valence-electron chi connectivity index (χ2n) is 5.74. The van der Waals surface area contributed by atoms with Crippen LogP contribution in [0.25, 0.3) is 5.65 Å². The van der Waals surface area contributed by atoms with Gasteiger partial charge < -0.3 is 19.3 Å². The number of fused-ring (bicyclic) bond motifs is 1. The van der Waals surface area contributed by atoms with Crippen molar-refractivity contribution in [3.05, 3.63) is 23.0 Å². The van der Waals surface area contributed by atoms with Gasteiger partial charge in [-0.1, -0.05) is 11.6 Å². The first kappa shape index (κ1) is 15.6. The molecule has 0 aliphatic carbocycles. The van der Waals surface area contributed by atoms with Crippen LogP contribution < -0.4 is 4.90 Å². The van der Waals surface area contributed by atoms with Crippen LogP contribution >= 0.6 is 11.6 Å². The molecule has 0 atom stereocenters. The predicted octanol–water partition coefficient (Wildman–Crippen LogP) is 0.692. The summed E-state index contributed by atoms with van der Waals surface area (Å²) in [6.45, 7) is 5.09. The maximum atomic E-state index is 12.6. The highest BCUT2D eigenvalue weighted by atomic mass is 35.5. The van der Waals surface area contributed by atoms with Gasteiger partial charge in [0.2, 0.25) is 0 Å². The minimum atomic E-state index is -0.104. The van der Waals surface area contributed by atoms with Gasteiger partial charge in [0.05, 0.1) is 26.4 Å². The van der Waals surface area contributed by atoms with Gasteiger partial charge in [0.25, 0.3) is 5.91 Å². The highest BCUT2D eigenvalue weighted by Crippen LogP contribution is 2.22. The number of amides is 1. The van der Waals surface area contributed by atoms with Crippen LogP contribution in [0.4, 0.5) is 5.82 Å². The lowest BCUT2D eigenvalue weighted by Crippen LogP contribution is -2.41. The van der Waals surface area contributed by atoms with E-state index in [1.165, 1.54) is 0 Å². The van der Waals surface area contributed by atoms with E-state index in [2.05, 4.69) is 15.0 Å². The minimum absolute atomic E-state index is 0.104. The molecule has 2 aliphatic heterocycles. The van der Waals surface area contributed by atoms with Crippen molar-refractivity contribution in [2.45, 2.75) is 0 Å². The van der Waals surface area contributed by atoms with Crippen LogP contribution in [0.15, 0.2) is 12.1 Å². The largest absolute Gasteiger partial charge is 0.378 e. The van der Waals surface area contributed by atoms with Gasteiger partial charge in [0.15, 0.2) is 11.3 Å². The van der Waals surface area contributed by atoms with E-state index in [1.54, 1.807) is 21.5 Å². The average Bonchev–Trinajstić information content (AvgIpc) is 3.05. The molecule has 0 N–H and O–H groups in total. The molecule has 2 aliphatic rings. The fourth-order valence-corrected chi connectivity index (χ4v) is 3.16. The van der Waals surface area contributed by atoms with E-state index in [-0.39, 0.29) is 5.91 Å². The summed E-state index contributed by atoms with van der Waals surface area (Å²) in [6.07, 6.45) is 0. The molecular weight excluding hydrogens is 334 g/mol. The number of hydrogen-bond acceptors (Lipinski definition) is 6. The van der Waals surface area contributed by atoms with Gasteiger partial charge >= 0.3 is 0 Å². The summed E-state index contributed by atoms with van der Waals surface area (Å²) in [6, 6.07) is 3.46. The Labute approximate surface area is 143 Å². The van der Waals surface area contributed by atoms with Gasteiger partial charge in [-0.15, -0.1) is 0 Å². The Morgan fingerprint density at radius 2 is 1.71 bits per heavy atom. The molecule has 4 heterocycles. The van der Waals surface area contributed by atoms with Crippen molar-refractivity contribution in [1.29, 1.82) is 0 Å². The zero-order valence-electron chi connectivity index (χ0n) is 13.2. The zero-order chi connectivity index (χ0) is 16.5. The van der Waals surface area contributed by atoms with Crippen LogP contribution in [0.2, 0.25) is 5.15 Å². The lowest BCUT2D eigenvalue weighted by molar-refractivity contribution is 0.0299. The van der Waals surface area contributed by atoms with Crippen molar-refractivity contribution < 1.29 is 14.3 Å². The fraction of sp³-hybridized carbons (Fsp3) is 0.533. The number of rotatable bonds is 2. The Morgan fingerprint density at radius 1 is 1.04 bits per heavy atom. The lowest BCUT2D eigenvalue weighted by atomic mass is 10.3. The summed E-state index contributed by atoms with van der Waals surface area (Å²) < 4.78 is 12.4.